The molecule has 2 aromatic rings. The van der Waals surface area contributed by atoms with Crippen LogP contribution in [-0.4, -0.2) is 26.6 Å². The van der Waals surface area contributed by atoms with Gasteiger partial charge in [-0.2, -0.15) is 0 Å². The quantitative estimate of drug-likeness (QED) is 0.606. The molecule has 6 heteroatoms. The number of carbonyl (C=O) groups is 1. The van der Waals surface area contributed by atoms with Gasteiger partial charge in [-0.15, -0.1) is 0 Å². The molecule has 29 heavy (non-hydrogen) atoms. The van der Waals surface area contributed by atoms with Crippen molar-refractivity contribution in [1.82, 2.24) is 9.47 Å². The van der Waals surface area contributed by atoms with Crippen molar-refractivity contribution < 1.29 is 9.18 Å². The molecule has 152 valence electrons. The van der Waals surface area contributed by atoms with Crippen LogP contribution in [0.5, 0.6) is 0 Å². The number of nitrogens with zero attached hydrogens (tertiary/aromatic N) is 3. The SMILES string of the molecule is Cc1cc(/C=C2\SC(=Nc3ccc(F)cc3)N(C3CCCCC3)C2=O)c(C)n1C. The molecule has 1 amide bonds. The molecule has 4 rings (SSSR count). The molecule has 0 atom stereocenters. The first kappa shape index (κ1) is 20.0. The molecule has 1 aromatic carbocycles. The van der Waals surface area contributed by atoms with Gasteiger partial charge in [0.25, 0.3) is 5.91 Å². The van der Waals surface area contributed by atoms with E-state index in [2.05, 4.69) is 24.5 Å². The van der Waals surface area contributed by atoms with Crippen molar-refractivity contribution >= 4 is 34.6 Å². The van der Waals surface area contributed by atoms with Crippen LogP contribution < -0.4 is 0 Å². The van der Waals surface area contributed by atoms with Crippen LogP contribution in [0.4, 0.5) is 10.1 Å². The third-order valence-electron chi connectivity index (χ3n) is 5.93. The lowest BCUT2D eigenvalue weighted by Gasteiger charge is -2.30. The highest BCUT2D eigenvalue weighted by Crippen LogP contribution is 2.39. The van der Waals surface area contributed by atoms with Gasteiger partial charge in [0.05, 0.1) is 10.6 Å². The van der Waals surface area contributed by atoms with E-state index in [1.807, 2.05) is 18.0 Å². The fraction of sp³-hybridized carbons (Fsp3) is 0.391. The van der Waals surface area contributed by atoms with Crippen molar-refractivity contribution in [1.29, 1.82) is 0 Å². The molecule has 0 bridgehead atoms. The highest BCUT2D eigenvalue weighted by molar-refractivity contribution is 8.18. The van der Waals surface area contributed by atoms with Gasteiger partial charge in [-0.3, -0.25) is 9.69 Å². The number of thioether (sulfide) groups is 1. The van der Waals surface area contributed by atoms with E-state index in [9.17, 15) is 9.18 Å². The van der Waals surface area contributed by atoms with E-state index in [0.29, 0.717) is 15.8 Å². The summed E-state index contributed by atoms with van der Waals surface area (Å²) in [6, 6.07) is 8.40. The number of amides is 1. The molecule has 0 N–H and O–H groups in total. The third kappa shape index (κ3) is 4.04. The van der Waals surface area contributed by atoms with Gasteiger partial charge < -0.3 is 4.57 Å². The van der Waals surface area contributed by atoms with Crippen molar-refractivity contribution in [3.05, 3.63) is 58.0 Å². The Morgan fingerprint density at radius 2 is 1.83 bits per heavy atom. The number of rotatable bonds is 3. The van der Waals surface area contributed by atoms with Crippen LogP contribution in [0.2, 0.25) is 0 Å². The number of amidine groups is 1. The van der Waals surface area contributed by atoms with Gasteiger partial charge in [0.2, 0.25) is 0 Å². The van der Waals surface area contributed by atoms with E-state index in [0.717, 1.165) is 42.6 Å². The zero-order valence-corrected chi connectivity index (χ0v) is 17.9. The molecular weight excluding hydrogens is 385 g/mol. The van der Waals surface area contributed by atoms with Crippen LogP contribution in [0.15, 0.2) is 40.2 Å². The second-order valence-corrected chi connectivity index (χ2v) is 8.84. The standard InChI is InChI=1S/C23H26FN3OS/c1-15-13-17(16(2)26(15)3)14-21-22(28)27(20-7-5-4-6-8-20)23(29-21)25-19-11-9-18(24)10-12-19/h9-14,20H,4-8H2,1-3H3/b21-14-,25-23?. The van der Waals surface area contributed by atoms with Crippen LogP contribution in [0.1, 0.15) is 49.1 Å². The highest BCUT2D eigenvalue weighted by Gasteiger charge is 2.38. The van der Waals surface area contributed by atoms with Crippen LogP contribution in [0.3, 0.4) is 0 Å². The molecule has 1 saturated heterocycles. The van der Waals surface area contributed by atoms with Gasteiger partial charge in [0.15, 0.2) is 5.17 Å². The predicted octanol–water partition coefficient (Wildman–Crippen LogP) is 5.72. The lowest BCUT2D eigenvalue weighted by atomic mass is 9.94. The molecule has 1 aliphatic carbocycles. The zero-order valence-electron chi connectivity index (χ0n) is 17.1. The molecule has 2 heterocycles. The summed E-state index contributed by atoms with van der Waals surface area (Å²) in [7, 11) is 2.03. The average molecular weight is 412 g/mol. The molecule has 0 unspecified atom stereocenters. The molecule has 1 aliphatic heterocycles. The van der Waals surface area contributed by atoms with Crippen molar-refractivity contribution in [2.24, 2.45) is 12.0 Å². The largest absolute Gasteiger partial charge is 0.352 e. The number of hydrogen-bond donors (Lipinski definition) is 0. The van der Waals surface area contributed by atoms with E-state index in [-0.39, 0.29) is 17.8 Å². The number of halogens is 1. The van der Waals surface area contributed by atoms with Gasteiger partial charge in [-0.05, 0) is 80.4 Å². The molecule has 0 spiro atoms. The summed E-state index contributed by atoms with van der Waals surface area (Å²) >= 11 is 1.42. The molecule has 0 radical (unpaired) electrons. The Kier molecular flexibility index (Phi) is 5.63. The molecule has 1 aromatic heterocycles. The Morgan fingerprint density at radius 1 is 1.14 bits per heavy atom. The minimum absolute atomic E-state index is 0.0312. The van der Waals surface area contributed by atoms with Crippen LogP contribution in [0.25, 0.3) is 6.08 Å². The van der Waals surface area contributed by atoms with Gasteiger partial charge >= 0.3 is 0 Å². The molecular formula is C23H26FN3OS. The van der Waals surface area contributed by atoms with Crippen molar-refractivity contribution in [2.75, 3.05) is 0 Å². The van der Waals surface area contributed by atoms with Crippen LogP contribution in [-0.2, 0) is 11.8 Å². The maximum Gasteiger partial charge on any atom is 0.267 e. The van der Waals surface area contributed by atoms with E-state index < -0.39 is 0 Å². The highest BCUT2D eigenvalue weighted by atomic mass is 32.2. The van der Waals surface area contributed by atoms with Crippen LogP contribution in [0, 0.1) is 19.7 Å². The summed E-state index contributed by atoms with van der Waals surface area (Å²) < 4.78 is 15.4. The minimum atomic E-state index is -0.288. The second-order valence-electron chi connectivity index (χ2n) is 7.83. The van der Waals surface area contributed by atoms with Crippen molar-refractivity contribution in [3.63, 3.8) is 0 Å². The minimum Gasteiger partial charge on any atom is -0.352 e. The third-order valence-corrected chi connectivity index (χ3v) is 6.91. The predicted molar refractivity (Wildman–Crippen MR) is 118 cm³/mol. The molecule has 4 nitrogen and oxygen atoms in total. The zero-order chi connectivity index (χ0) is 20.5. The number of hydrogen-bond acceptors (Lipinski definition) is 3. The van der Waals surface area contributed by atoms with Crippen molar-refractivity contribution in [3.8, 4) is 0 Å². The Labute approximate surface area is 175 Å². The maximum absolute atomic E-state index is 13.4. The summed E-state index contributed by atoms with van der Waals surface area (Å²) in [4.78, 5) is 20.6. The average Bonchev–Trinajstić information content (AvgIpc) is 3.15. The summed E-state index contributed by atoms with van der Waals surface area (Å²) in [6.07, 6.45) is 7.49. The van der Waals surface area contributed by atoms with Crippen LogP contribution >= 0.6 is 11.8 Å². The monoisotopic (exact) mass is 411 g/mol. The number of benzene rings is 1. The molecule has 2 fully saturated rings. The summed E-state index contributed by atoms with van der Waals surface area (Å²) in [5.74, 6) is -0.257. The second kappa shape index (κ2) is 8.19. The maximum atomic E-state index is 13.4. The molecule has 1 saturated carbocycles. The summed E-state index contributed by atoms with van der Waals surface area (Å²) in [5, 5.41) is 0.699. The summed E-state index contributed by atoms with van der Waals surface area (Å²) in [6.45, 7) is 4.13. The topological polar surface area (TPSA) is 37.6 Å². The Bertz CT molecular complexity index is 984. The normalized spacial score (nSPS) is 21.0. The Hall–Kier alpha value is -2.34. The van der Waals surface area contributed by atoms with E-state index >= 15 is 0 Å². The number of aliphatic imine (C=N–C) groups is 1. The number of aromatic nitrogens is 1. The van der Waals surface area contributed by atoms with Gasteiger partial charge in [0.1, 0.15) is 5.82 Å². The lowest BCUT2D eigenvalue weighted by Crippen LogP contribution is -2.40. The first-order valence-electron chi connectivity index (χ1n) is 10.1. The number of aryl methyl sites for hydroxylation is 1. The van der Waals surface area contributed by atoms with E-state index in [1.54, 1.807) is 12.1 Å². The van der Waals surface area contributed by atoms with Gasteiger partial charge in [-0.25, -0.2) is 9.38 Å². The fourth-order valence-corrected chi connectivity index (χ4v) is 5.07. The van der Waals surface area contributed by atoms with E-state index in [1.165, 1.54) is 30.3 Å². The first-order valence-corrected chi connectivity index (χ1v) is 11.0. The smallest absolute Gasteiger partial charge is 0.267 e. The Morgan fingerprint density at radius 3 is 2.45 bits per heavy atom. The fourth-order valence-electron chi connectivity index (χ4n) is 4.02. The number of carbonyl (C=O) groups excluding carboxylic acids is 1. The van der Waals surface area contributed by atoms with Gasteiger partial charge in [-0.1, -0.05) is 19.3 Å². The van der Waals surface area contributed by atoms with E-state index in [4.69, 9.17) is 4.99 Å². The molecule has 2 aliphatic rings. The lowest BCUT2D eigenvalue weighted by molar-refractivity contribution is -0.124. The summed E-state index contributed by atoms with van der Waals surface area (Å²) in [5.41, 5.74) is 4.02. The Balaban J connectivity index is 1.72. The first-order chi connectivity index (χ1) is 13.9. The van der Waals surface area contributed by atoms with Crippen molar-refractivity contribution in [2.45, 2.75) is 52.0 Å². The van der Waals surface area contributed by atoms with Gasteiger partial charge in [0, 0.05) is 24.5 Å².